The number of carbonyl (C=O) groups excluding carboxylic acids is 1. The van der Waals surface area contributed by atoms with Gasteiger partial charge in [-0.2, -0.15) is 0 Å². The molecular formula is C24H24N4O. The molecule has 0 spiro atoms. The molecule has 1 aliphatic carbocycles. The van der Waals surface area contributed by atoms with Crippen LogP contribution in [0.1, 0.15) is 40.0 Å². The normalized spacial score (nSPS) is 15.0. The fraction of sp³-hybridized carbons (Fsp3) is 0.292. The number of amides is 1. The second-order valence-corrected chi connectivity index (χ2v) is 7.74. The van der Waals surface area contributed by atoms with Crippen LogP contribution in [-0.4, -0.2) is 29.0 Å². The van der Waals surface area contributed by atoms with Crippen LogP contribution >= 0.6 is 0 Å². The fourth-order valence-electron chi connectivity index (χ4n) is 3.97. The molecular weight excluding hydrogens is 360 g/mol. The quantitative estimate of drug-likeness (QED) is 0.727. The Morgan fingerprint density at radius 2 is 1.72 bits per heavy atom. The van der Waals surface area contributed by atoms with Gasteiger partial charge < -0.3 is 10.2 Å². The molecule has 1 N–H and O–H groups in total. The lowest BCUT2D eigenvalue weighted by atomic mass is 10.0. The van der Waals surface area contributed by atoms with Crippen LogP contribution in [0.3, 0.4) is 0 Å². The maximum atomic E-state index is 12.2. The van der Waals surface area contributed by atoms with Crippen LogP contribution in [0.2, 0.25) is 0 Å². The van der Waals surface area contributed by atoms with Gasteiger partial charge in [0.15, 0.2) is 0 Å². The second kappa shape index (κ2) is 7.66. The Balaban J connectivity index is 1.34. The molecule has 2 heterocycles. The average Bonchev–Trinajstić information content (AvgIpc) is 3.20. The monoisotopic (exact) mass is 384 g/mol. The first-order valence-electron chi connectivity index (χ1n) is 10.4. The summed E-state index contributed by atoms with van der Waals surface area (Å²) in [6.07, 6.45) is 4.48. The summed E-state index contributed by atoms with van der Waals surface area (Å²) in [4.78, 5) is 24.2. The van der Waals surface area contributed by atoms with Gasteiger partial charge in [0.1, 0.15) is 0 Å². The van der Waals surface area contributed by atoms with E-state index in [4.69, 9.17) is 9.97 Å². The van der Waals surface area contributed by atoms with Crippen molar-refractivity contribution >= 4 is 11.9 Å². The Bertz CT molecular complexity index is 1030. The summed E-state index contributed by atoms with van der Waals surface area (Å²) in [7, 11) is 0. The maximum absolute atomic E-state index is 12.2. The number of benzene rings is 2. The summed E-state index contributed by atoms with van der Waals surface area (Å²) >= 11 is 0. The Morgan fingerprint density at radius 3 is 2.45 bits per heavy atom. The van der Waals surface area contributed by atoms with Crippen molar-refractivity contribution in [1.29, 1.82) is 0 Å². The summed E-state index contributed by atoms with van der Waals surface area (Å²) in [6.45, 7) is 2.62. The largest absolute Gasteiger partial charge is 0.348 e. The first kappa shape index (κ1) is 17.9. The summed E-state index contributed by atoms with van der Waals surface area (Å²) in [5.41, 5.74) is 6.49. The molecule has 5 nitrogen and oxygen atoms in total. The number of nitrogens with one attached hydrogen (secondary N) is 1. The highest BCUT2D eigenvalue weighted by Crippen LogP contribution is 2.32. The van der Waals surface area contributed by atoms with Gasteiger partial charge in [-0.1, -0.05) is 42.5 Å². The summed E-state index contributed by atoms with van der Waals surface area (Å²) < 4.78 is 0. The van der Waals surface area contributed by atoms with Crippen LogP contribution in [0.25, 0.3) is 11.3 Å². The fourth-order valence-corrected chi connectivity index (χ4v) is 3.97. The Labute approximate surface area is 170 Å². The van der Waals surface area contributed by atoms with Crippen molar-refractivity contribution in [2.24, 2.45) is 0 Å². The molecule has 0 saturated carbocycles. The van der Waals surface area contributed by atoms with E-state index in [-0.39, 0.29) is 5.91 Å². The molecule has 1 amide bonds. The molecule has 146 valence electrons. The lowest BCUT2D eigenvalue weighted by Gasteiger charge is -2.31. The van der Waals surface area contributed by atoms with Crippen LogP contribution in [0.5, 0.6) is 0 Å². The standard InChI is InChI=1S/C24H24N4O/c29-23(19-6-2-1-3-7-19)25-16-17-10-12-18(13-11-17)22-20-8-4-9-21(20)26-24(27-22)28-14-5-15-28/h1-3,6-7,10-13H,4-5,8-9,14-16H2,(H,25,29). The van der Waals surface area contributed by atoms with Crippen LogP contribution in [0, 0.1) is 0 Å². The minimum absolute atomic E-state index is 0.0533. The zero-order valence-corrected chi connectivity index (χ0v) is 16.4. The summed E-state index contributed by atoms with van der Waals surface area (Å²) in [5, 5.41) is 2.98. The predicted octanol–water partition coefficient (Wildman–Crippen LogP) is 3.77. The third-order valence-electron chi connectivity index (χ3n) is 5.78. The van der Waals surface area contributed by atoms with Crippen molar-refractivity contribution in [3.8, 4) is 11.3 Å². The Hall–Kier alpha value is -3.21. The van der Waals surface area contributed by atoms with Gasteiger partial charge in [0, 0.05) is 42.0 Å². The molecule has 1 aromatic heterocycles. The first-order chi connectivity index (χ1) is 14.3. The van der Waals surface area contributed by atoms with E-state index in [0.717, 1.165) is 55.1 Å². The third kappa shape index (κ3) is 3.60. The van der Waals surface area contributed by atoms with E-state index in [1.165, 1.54) is 17.7 Å². The van der Waals surface area contributed by atoms with E-state index in [1.54, 1.807) is 0 Å². The number of anilines is 1. The van der Waals surface area contributed by atoms with Gasteiger partial charge in [-0.05, 0) is 43.4 Å². The van der Waals surface area contributed by atoms with Crippen LogP contribution in [0.4, 0.5) is 5.95 Å². The second-order valence-electron chi connectivity index (χ2n) is 7.74. The average molecular weight is 384 g/mol. The molecule has 29 heavy (non-hydrogen) atoms. The van der Waals surface area contributed by atoms with Gasteiger partial charge in [0.05, 0.1) is 5.69 Å². The van der Waals surface area contributed by atoms with E-state index in [0.29, 0.717) is 12.1 Å². The molecule has 0 bridgehead atoms. The highest BCUT2D eigenvalue weighted by molar-refractivity contribution is 5.94. The van der Waals surface area contributed by atoms with E-state index < -0.39 is 0 Å². The van der Waals surface area contributed by atoms with Crippen molar-refractivity contribution in [3.63, 3.8) is 0 Å². The number of fused-ring (bicyclic) bond motifs is 1. The number of carbonyl (C=O) groups is 1. The van der Waals surface area contributed by atoms with Crippen molar-refractivity contribution in [2.45, 2.75) is 32.2 Å². The predicted molar refractivity (Wildman–Crippen MR) is 114 cm³/mol. The minimum atomic E-state index is -0.0533. The lowest BCUT2D eigenvalue weighted by Crippen LogP contribution is -2.38. The topological polar surface area (TPSA) is 58.1 Å². The van der Waals surface area contributed by atoms with Crippen LogP contribution < -0.4 is 10.2 Å². The highest BCUT2D eigenvalue weighted by Gasteiger charge is 2.24. The SMILES string of the molecule is O=C(NCc1ccc(-c2nc(N3CCC3)nc3c2CCC3)cc1)c1ccccc1. The van der Waals surface area contributed by atoms with E-state index in [1.807, 2.05) is 30.3 Å². The number of nitrogens with zero attached hydrogens (tertiary/aromatic N) is 3. The van der Waals surface area contributed by atoms with Crippen molar-refractivity contribution < 1.29 is 4.79 Å². The highest BCUT2D eigenvalue weighted by atomic mass is 16.1. The van der Waals surface area contributed by atoms with Gasteiger partial charge in [0.25, 0.3) is 5.91 Å². The van der Waals surface area contributed by atoms with Crippen molar-refractivity contribution in [1.82, 2.24) is 15.3 Å². The summed E-state index contributed by atoms with van der Waals surface area (Å²) in [6, 6.07) is 17.7. The van der Waals surface area contributed by atoms with Gasteiger partial charge in [0.2, 0.25) is 5.95 Å². The van der Waals surface area contributed by atoms with Gasteiger partial charge in [-0.25, -0.2) is 9.97 Å². The zero-order valence-electron chi connectivity index (χ0n) is 16.4. The van der Waals surface area contributed by atoms with Gasteiger partial charge in [-0.3, -0.25) is 4.79 Å². The smallest absolute Gasteiger partial charge is 0.251 e. The minimum Gasteiger partial charge on any atom is -0.348 e. The molecule has 0 radical (unpaired) electrons. The van der Waals surface area contributed by atoms with Crippen LogP contribution in [-0.2, 0) is 19.4 Å². The number of hydrogen-bond donors (Lipinski definition) is 1. The molecule has 0 atom stereocenters. The van der Waals surface area contributed by atoms with E-state index in [9.17, 15) is 4.79 Å². The number of rotatable bonds is 5. The van der Waals surface area contributed by atoms with Crippen LogP contribution in [0.15, 0.2) is 54.6 Å². The molecule has 1 saturated heterocycles. The molecule has 2 aromatic carbocycles. The van der Waals surface area contributed by atoms with Gasteiger partial charge >= 0.3 is 0 Å². The lowest BCUT2D eigenvalue weighted by molar-refractivity contribution is 0.0951. The van der Waals surface area contributed by atoms with Crippen molar-refractivity contribution in [3.05, 3.63) is 77.0 Å². The zero-order chi connectivity index (χ0) is 19.6. The first-order valence-corrected chi connectivity index (χ1v) is 10.4. The van der Waals surface area contributed by atoms with E-state index >= 15 is 0 Å². The van der Waals surface area contributed by atoms with Gasteiger partial charge in [-0.15, -0.1) is 0 Å². The number of aryl methyl sites for hydroxylation is 1. The molecule has 5 rings (SSSR count). The number of aromatic nitrogens is 2. The molecule has 1 fully saturated rings. The van der Waals surface area contributed by atoms with E-state index in [2.05, 4.69) is 34.5 Å². The summed E-state index contributed by atoms with van der Waals surface area (Å²) in [5.74, 6) is 0.827. The molecule has 2 aliphatic rings. The third-order valence-corrected chi connectivity index (χ3v) is 5.78. The Morgan fingerprint density at radius 1 is 0.931 bits per heavy atom. The molecule has 0 unspecified atom stereocenters. The van der Waals surface area contributed by atoms with Crippen molar-refractivity contribution in [2.75, 3.05) is 18.0 Å². The maximum Gasteiger partial charge on any atom is 0.251 e. The number of hydrogen-bond acceptors (Lipinski definition) is 4. The Kier molecular flexibility index (Phi) is 4.72. The molecule has 3 aromatic rings. The molecule has 1 aliphatic heterocycles. The molecule has 5 heteroatoms.